The highest BCUT2D eigenvalue weighted by molar-refractivity contribution is 7.89. The lowest BCUT2D eigenvalue weighted by molar-refractivity contribution is 0.0730. The lowest BCUT2D eigenvalue weighted by Crippen LogP contribution is -2.40. The van der Waals surface area contributed by atoms with Crippen LogP contribution in [-0.4, -0.2) is 55.4 Å². The van der Waals surface area contributed by atoms with Crippen molar-refractivity contribution in [3.8, 4) is 16.9 Å². The molecule has 1 saturated heterocycles. The van der Waals surface area contributed by atoms with E-state index in [-0.39, 0.29) is 4.90 Å². The van der Waals surface area contributed by atoms with Crippen molar-refractivity contribution >= 4 is 10.0 Å². The molecular weight excluding hydrogens is 390 g/mol. The van der Waals surface area contributed by atoms with Crippen LogP contribution in [0.4, 0.5) is 0 Å². The van der Waals surface area contributed by atoms with Gasteiger partial charge in [-0.05, 0) is 29.8 Å². The van der Waals surface area contributed by atoms with Crippen LogP contribution in [0.15, 0.2) is 71.9 Å². The molecule has 0 spiro atoms. The predicted molar refractivity (Wildman–Crippen MR) is 109 cm³/mol. The first kappa shape index (κ1) is 19.6. The Hall–Kier alpha value is -2.68. The maximum atomic E-state index is 12.6. The summed E-state index contributed by atoms with van der Waals surface area (Å²) in [7, 11) is -3.48. The van der Waals surface area contributed by atoms with Crippen LogP contribution in [-0.2, 0) is 21.3 Å². The van der Waals surface area contributed by atoms with Crippen LogP contribution in [0.5, 0.6) is 5.75 Å². The Kier molecular flexibility index (Phi) is 5.94. The summed E-state index contributed by atoms with van der Waals surface area (Å²) in [6.45, 7) is 2.66. The maximum absolute atomic E-state index is 12.6. The van der Waals surface area contributed by atoms with Crippen LogP contribution in [0.2, 0.25) is 0 Å². The van der Waals surface area contributed by atoms with E-state index in [1.54, 1.807) is 24.3 Å². The highest BCUT2D eigenvalue weighted by Crippen LogP contribution is 2.21. The number of sulfonamides is 1. The van der Waals surface area contributed by atoms with Crippen LogP contribution in [0, 0.1) is 0 Å². The molecule has 1 aromatic heterocycles. The molecule has 8 heteroatoms. The topological polar surface area (TPSA) is 73.7 Å². The molecule has 3 aromatic rings. The van der Waals surface area contributed by atoms with E-state index >= 15 is 0 Å². The van der Waals surface area contributed by atoms with E-state index in [9.17, 15) is 8.42 Å². The molecule has 0 aliphatic carbocycles. The molecule has 4 rings (SSSR count). The number of morpholine rings is 1. The summed E-state index contributed by atoms with van der Waals surface area (Å²) >= 11 is 0. The predicted octanol–water partition coefficient (Wildman–Crippen LogP) is 2.65. The minimum absolute atomic E-state index is 0.270. The molecule has 1 aliphatic rings. The first-order valence-corrected chi connectivity index (χ1v) is 11.0. The normalized spacial score (nSPS) is 15.3. The van der Waals surface area contributed by atoms with Gasteiger partial charge in [0.25, 0.3) is 0 Å². The van der Waals surface area contributed by atoms with Gasteiger partial charge < -0.3 is 9.47 Å². The Balaban J connectivity index is 1.32. The molecule has 0 amide bonds. The van der Waals surface area contributed by atoms with Gasteiger partial charge in [0.2, 0.25) is 10.0 Å². The zero-order chi connectivity index (χ0) is 20.1. The molecule has 29 heavy (non-hydrogen) atoms. The monoisotopic (exact) mass is 413 g/mol. The van der Waals surface area contributed by atoms with Gasteiger partial charge in [-0.3, -0.25) is 4.68 Å². The molecule has 2 aromatic carbocycles. The third kappa shape index (κ3) is 4.67. The molecule has 7 nitrogen and oxygen atoms in total. The van der Waals surface area contributed by atoms with Crippen molar-refractivity contribution in [1.29, 1.82) is 0 Å². The van der Waals surface area contributed by atoms with Crippen molar-refractivity contribution in [3.05, 3.63) is 67.0 Å². The molecule has 1 aliphatic heterocycles. The van der Waals surface area contributed by atoms with Gasteiger partial charge in [-0.2, -0.15) is 9.40 Å². The van der Waals surface area contributed by atoms with Crippen LogP contribution >= 0.6 is 0 Å². The van der Waals surface area contributed by atoms with E-state index in [4.69, 9.17) is 9.47 Å². The molecular formula is C21H23N3O4S. The third-order valence-corrected chi connectivity index (χ3v) is 6.67. The van der Waals surface area contributed by atoms with E-state index in [0.29, 0.717) is 45.2 Å². The van der Waals surface area contributed by atoms with E-state index in [1.807, 2.05) is 47.4 Å². The van der Waals surface area contributed by atoms with E-state index in [2.05, 4.69) is 5.10 Å². The number of rotatable bonds is 7. The van der Waals surface area contributed by atoms with Crippen LogP contribution in [0.1, 0.15) is 0 Å². The number of ether oxygens (including phenoxy) is 2. The summed E-state index contributed by atoms with van der Waals surface area (Å²) in [4.78, 5) is 0.270. The standard InChI is InChI=1S/C21H23N3O4S/c25-29(26,24-11-13-27-14-12-24)21-8-6-20(7-9-21)28-15-10-23-17-19(16-22-23)18-4-2-1-3-5-18/h1-9,16-17H,10-15H2. The second-order valence-electron chi connectivity index (χ2n) is 6.69. The highest BCUT2D eigenvalue weighted by Gasteiger charge is 2.26. The Morgan fingerprint density at radius 3 is 2.41 bits per heavy atom. The highest BCUT2D eigenvalue weighted by atomic mass is 32.2. The van der Waals surface area contributed by atoms with Crippen LogP contribution < -0.4 is 4.74 Å². The lowest BCUT2D eigenvalue weighted by Gasteiger charge is -2.26. The van der Waals surface area contributed by atoms with Gasteiger partial charge in [0.15, 0.2) is 0 Å². The van der Waals surface area contributed by atoms with Crippen molar-refractivity contribution in [2.75, 3.05) is 32.9 Å². The zero-order valence-corrected chi connectivity index (χ0v) is 16.8. The number of hydrogen-bond donors (Lipinski definition) is 0. The van der Waals surface area contributed by atoms with E-state index in [0.717, 1.165) is 11.1 Å². The first-order chi connectivity index (χ1) is 14.1. The molecule has 152 valence electrons. The van der Waals surface area contributed by atoms with E-state index < -0.39 is 10.0 Å². The van der Waals surface area contributed by atoms with Gasteiger partial charge in [0, 0.05) is 24.8 Å². The van der Waals surface area contributed by atoms with Gasteiger partial charge >= 0.3 is 0 Å². The van der Waals surface area contributed by atoms with Crippen molar-refractivity contribution in [2.45, 2.75) is 11.4 Å². The average molecular weight is 413 g/mol. The number of nitrogens with zero attached hydrogens (tertiary/aromatic N) is 3. The summed E-state index contributed by atoms with van der Waals surface area (Å²) in [6.07, 6.45) is 3.82. The van der Waals surface area contributed by atoms with Crippen molar-refractivity contribution in [1.82, 2.24) is 14.1 Å². The SMILES string of the molecule is O=S(=O)(c1ccc(OCCn2cc(-c3ccccc3)cn2)cc1)N1CCOCC1. The van der Waals surface area contributed by atoms with Gasteiger partial charge in [0.1, 0.15) is 12.4 Å². The Morgan fingerprint density at radius 1 is 0.966 bits per heavy atom. The van der Waals surface area contributed by atoms with Crippen molar-refractivity contribution in [2.24, 2.45) is 0 Å². The summed E-state index contributed by atoms with van der Waals surface area (Å²) in [5.74, 6) is 0.626. The minimum Gasteiger partial charge on any atom is -0.492 e. The zero-order valence-electron chi connectivity index (χ0n) is 16.0. The van der Waals surface area contributed by atoms with E-state index in [1.165, 1.54) is 4.31 Å². The van der Waals surface area contributed by atoms with Crippen LogP contribution in [0.3, 0.4) is 0 Å². The molecule has 0 atom stereocenters. The molecule has 0 radical (unpaired) electrons. The summed E-state index contributed by atoms with van der Waals surface area (Å²) < 4.78 is 39.5. The number of aromatic nitrogens is 2. The molecule has 2 heterocycles. The largest absolute Gasteiger partial charge is 0.492 e. The molecule has 1 fully saturated rings. The Labute approximate surface area is 170 Å². The molecule has 0 unspecified atom stereocenters. The van der Waals surface area contributed by atoms with Crippen molar-refractivity contribution in [3.63, 3.8) is 0 Å². The average Bonchev–Trinajstić information content (AvgIpc) is 3.24. The molecule has 0 bridgehead atoms. The van der Waals surface area contributed by atoms with Crippen LogP contribution in [0.25, 0.3) is 11.1 Å². The fourth-order valence-corrected chi connectivity index (χ4v) is 4.57. The van der Waals surface area contributed by atoms with Gasteiger partial charge in [-0.1, -0.05) is 30.3 Å². The van der Waals surface area contributed by atoms with Gasteiger partial charge in [-0.15, -0.1) is 0 Å². The Bertz CT molecular complexity index is 1030. The second-order valence-corrected chi connectivity index (χ2v) is 8.63. The minimum atomic E-state index is -3.48. The first-order valence-electron chi connectivity index (χ1n) is 9.51. The third-order valence-electron chi connectivity index (χ3n) is 4.76. The molecule has 0 N–H and O–H groups in total. The Morgan fingerprint density at radius 2 is 1.69 bits per heavy atom. The number of benzene rings is 2. The molecule has 0 saturated carbocycles. The summed E-state index contributed by atoms with van der Waals surface area (Å²) in [5.41, 5.74) is 2.18. The lowest BCUT2D eigenvalue weighted by atomic mass is 10.1. The quantitative estimate of drug-likeness (QED) is 0.595. The van der Waals surface area contributed by atoms with Gasteiger partial charge in [0.05, 0.1) is 30.9 Å². The maximum Gasteiger partial charge on any atom is 0.243 e. The second kappa shape index (κ2) is 8.77. The fourth-order valence-electron chi connectivity index (χ4n) is 3.17. The van der Waals surface area contributed by atoms with Crippen molar-refractivity contribution < 1.29 is 17.9 Å². The summed E-state index contributed by atoms with van der Waals surface area (Å²) in [5, 5.41) is 4.36. The smallest absolute Gasteiger partial charge is 0.243 e. The fraction of sp³-hybridized carbons (Fsp3) is 0.286. The number of hydrogen-bond acceptors (Lipinski definition) is 5. The summed E-state index contributed by atoms with van der Waals surface area (Å²) in [6, 6.07) is 16.6. The van der Waals surface area contributed by atoms with Gasteiger partial charge in [-0.25, -0.2) is 8.42 Å².